The van der Waals surface area contributed by atoms with E-state index in [4.69, 9.17) is 5.73 Å². The van der Waals surface area contributed by atoms with Crippen LogP contribution in [-0.2, 0) is 11.8 Å². The number of aryl methyl sites for hydroxylation is 1. The molecule has 2 heterocycles. The van der Waals surface area contributed by atoms with Crippen molar-refractivity contribution in [2.75, 3.05) is 5.32 Å². The van der Waals surface area contributed by atoms with Gasteiger partial charge in [-0.05, 0) is 49.4 Å². The number of nitrogens with two attached hydrogens (primary N) is 1. The van der Waals surface area contributed by atoms with Crippen molar-refractivity contribution >= 4 is 22.6 Å². The van der Waals surface area contributed by atoms with Crippen LogP contribution in [0, 0.1) is 5.92 Å². The van der Waals surface area contributed by atoms with Gasteiger partial charge in [-0.2, -0.15) is 5.10 Å². The minimum atomic E-state index is 0.00830. The van der Waals surface area contributed by atoms with Gasteiger partial charge in [-0.3, -0.25) is 9.48 Å². The Bertz CT molecular complexity index is 942. The zero-order chi connectivity index (χ0) is 18.1. The number of anilines is 1. The van der Waals surface area contributed by atoms with Gasteiger partial charge in [-0.25, -0.2) is 0 Å². The molecule has 3 N–H and O–H groups in total. The molecule has 1 fully saturated rings. The molecule has 0 saturated heterocycles. The lowest BCUT2D eigenvalue weighted by molar-refractivity contribution is -0.120. The van der Waals surface area contributed by atoms with Crippen molar-refractivity contribution in [3.05, 3.63) is 36.7 Å². The fourth-order valence-electron chi connectivity index (χ4n) is 3.47. The Morgan fingerprint density at radius 1 is 1.15 bits per heavy atom. The molecule has 0 spiro atoms. The largest absolute Gasteiger partial charge is 0.328 e. The maximum Gasteiger partial charge on any atom is 0.228 e. The Balaban J connectivity index is 1.55. The number of carbonyl (C=O) groups excluding carboxylic acids is 1. The highest BCUT2D eigenvalue weighted by Gasteiger charge is 2.24. The van der Waals surface area contributed by atoms with Gasteiger partial charge in [0.15, 0.2) is 5.82 Å². The van der Waals surface area contributed by atoms with E-state index >= 15 is 0 Å². The second-order valence-electron chi connectivity index (χ2n) is 7.01. The average molecular weight is 350 g/mol. The van der Waals surface area contributed by atoms with Crippen molar-refractivity contribution in [2.45, 2.75) is 31.7 Å². The summed E-state index contributed by atoms with van der Waals surface area (Å²) in [7, 11) is 1.89. The molecule has 0 unspecified atom stereocenters. The summed E-state index contributed by atoms with van der Waals surface area (Å²) in [5, 5.41) is 16.4. The molecule has 4 rings (SSSR count). The smallest absolute Gasteiger partial charge is 0.228 e. The van der Waals surface area contributed by atoms with Gasteiger partial charge in [0, 0.05) is 36.2 Å². The van der Waals surface area contributed by atoms with Crippen molar-refractivity contribution in [1.29, 1.82) is 0 Å². The van der Waals surface area contributed by atoms with E-state index in [-0.39, 0.29) is 17.9 Å². The minimum absolute atomic E-state index is 0.00830. The highest BCUT2D eigenvalue weighted by Crippen LogP contribution is 2.26. The quantitative estimate of drug-likeness (QED) is 0.756. The predicted molar refractivity (Wildman–Crippen MR) is 100 cm³/mol. The summed E-state index contributed by atoms with van der Waals surface area (Å²) in [6.45, 7) is 0. The molecule has 0 atom stereocenters. The van der Waals surface area contributed by atoms with Crippen molar-refractivity contribution < 1.29 is 4.79 Å². The van der Waals surface area contributed by atoms with Crippen LogP contribution >= 0.6 is 0 Å². The zero-order valence-electron chi connectivity index (χ0n) is 14.7. The topological polar surface area (TPSA) is 98.7 Å². The van der Waals surface area contributed by atoms with Crippen LogP contribution in [0.4, 0.5) is 5.82 Å². The second kappa shape index (κ2) is 6.84. The van der Waals surface area contributed by atoms with Crippen LogP contribution in [0.2, 0.25) is 0 Å². The normalized spacial score (nSPS) is 20.2. The summed E-state index contributed by atoms with van der Waals surface area (Å²) in [5.41, 5.74) is 8.80. The number of benzene rings is 1. The Morgan fingerprint density at radius 2 is 1.96 bits per heavy atom. The third-order valence-electron chi connectivity index (χ3n) is 5.02. The van der Waals surface area contributed by atoms with Gasteiger partial charge in [0.1, 0.15) is 0 Å². The van der Waals surface area contributed by atoms with Gasteiger partial charge >= 0.3 is 0 Å². The van der Waals surface area contributed by atoms with Gasteiger partial charge in [0.2, 0.25) is 5.91 Å². The molecule has 134 valence electrons. The van der Waals surface area contributed by atoms with Crippen LogP contribution in [0.25, 0.3) is 22.0 Å². The van der Waals surface area contributed by atoms with E-state index in [2.05, 4.69) is 20.6 Å². The number of nitrogens with one attached hydrogen (secondary N) is 1. The van der Waals surface area contributed by atoms with E-state index in [0.717, 1.165) is 47.7 Å². The van der Waals surface area contributed by atoms with Gasteiger partial charge in [0.05, 0.1) is 11.7 Å². The highest BCUT2D eigenvalue weighted by molar-refractivity contribution is 5.94. The third kappa shape index (κ3) is 3.43. The van der Waals surface area contributed by atoms with Crippen LogP contribution in [-0.4, -0.2) is 31.9 Å². The van der Waals surface area contributed by atoms with Gasteiger partial charge in [-0.15, -0.1) is 10.2 Å². The SMILES string of the molecule is Cn1cc(-c2ccc3nnc(NC(=O)[C@H]4CC[C@H](N)CC4)cc3c2)cn1. The molecule has 1 saturated carbocycles. The molecule has 1 amide bonds. The summed E-state index contributed by atoms with van der Waals surface area (Å²) >= 11 is 0. The van der Waals surface area contributed by atoms with E-state index in [9.17, 15) is 4.79 Å². The lowest BCUT2D eigenvalue weighted by Crippen LogP contribution is -2.32. The number of hydrogen-bond donors (Lipinski definition) is 2. The molecular formula is C19H22N6O. The standard InChI is InChI=1S/C19H22N6O/c1-25-11-15(10-21-25)13-4-7-17-14(8-13)9-18(24-23-17)22-19(26)12-2-5-16(20)6-3-12/h4,7-12,16H,2-3,5-6,20H2,1H3,(H,22,24,26)/t12-,16-. The Kier molecular flexibility index (Phi) is 4.38. The third-order valence-corrected chi connectivity index (χ3v) is 5.02. The summed E-state index contributed by atoms with van der Waals surface area (Å²) < 4.78 is 1.77. The molecule has 0 radical (unpaired) electrons. The molecule has 0 bridgehead atoms. The molecule has 1 aliphatic carbocycles. The van der Waals surface area contributed by atoms with E-state index < -0.39 is 0 Å². The molecule has 7 heteroatoms. The molecule has 1 aliphatic rings. The van der Waals surface area contributed by atoms with Crippen LogP contribution in [0.1, 0.15) is 25.7 Å². The maximum atomic E-state index is 12.5. The zero-order valence-corrected chi connectivity index (χ0v) is 14.7. The van der Waals surface area contributed by atoms with Crippen LogP contribution in [0.3, 0.4) is 0 Å². The van der Waals surface area contributed by atoms with Crippen molar-refractivity contribution in [1.82, 2.24) is 20.0 Å². The van der Waals surface area contributed by atoms with E-state index in [0.29, 0.717) is 5.82 Å². The number of rotatable bonds is 3. The first-order valence-electron chi connectivity index (χ1n) is 8.91. The summed E-state index contributed by atoms with van der Waals surface area (Å²) in [6.07, 6.45) is 7.25. The first kappa shape index (κ1) is 16.7. The number of nitrogens with zero attached hydrogens (tertiary/aromatic N) is 4. The molecule has 7 nitrogen and oxygen atoms in total. The molecular weight excluding hydrogens is 328 g/mol. The highest BCUT2D eigenvalue weighted by atomic mass is 16.1. The van der Waals surface area contributed by atoms with Gasteiger partial charge < -0.3 is 11.1 Å². The summed E-state index contributed by atoms with van der Waals surface area (Å²) in [6, 6.07) is 8.06. The van der Waals surface area contributed by atoms with Crippen LogP contribution in [0.5, 0.6) is 0 Å². The summed E-state index contributed by atoms with van der Waals surface area (Å²) in [4.78, 5) is 12.5. The number of aromatic nitrogens is 4. The lowest BCUT2D eigenvalue weighted by Gasteiger charge is -2.24. The number of fused-ring (bicyclic) bond motifs is 1. The predicted octanol–water partition coefficient (Wildman–Crippen LogP) is 2.49. The fourth-order valence-corrected chi connectivity index (χ4v) is 3.47. The molecule has 1 aromatic carbocycles. The average Bonchev–Trinajstić information content (AvgIpc) is 3.08. The molecule has 3 aromatic rings. The van der Waals surface area contributed by atoms with Crippen molar-refractivity contribution in [3.63, 3.8) is 0 Å². The van der Waals surface area contributed by atoms with Crippen LogP contribution in [0.15, 0.2) is 36.7 Å². The van der Waals surface area contributed by atoms with E-state index in [1.807, 2.05) is 43.7 Å². The van der Waals surface area contributed by atoms with E-state index in [1.165, 1.54) is 0 Å². The molecule has 2 aromatic heterocycles. The lowest BCUT2D eigenvalue weighted by atomic mass is 9.86. The van der Waals surface area contributed by atoms with E-state index in [1.54, 1.807) is 4.68 Å². The monoisotopic (exact) mass is 350 g/mol. The Hall–Kier alpha value is -2.80. The Morgan fingerprint density at radius 3 is 2.69 bits per heavy atom. The number of carbonyl (C=O) groups is 1. The van der Waals surface area contributed by atoms with Crippen LogP contribution < -0.4 is 11.1 Å². The minimum Gasteiger partial charge on any atom is -0.328 e. The first-order chi connectivity index (χ1) is 12.6. The Labute approximate surface area is 151 Å². The molecule has 0 aliphatic heterocycles. The second-order valence-corrected chi connectivity index (χ2v) is 7.01. The van der Waals surface area contributed by atoms with Crippen molar-refractivity contribution in [2.24, 2.45) is 18.7 Å². The first-order valence-corrected chi connectivity index (χ1v) is 8.91. The van der Waals surface area contributed by atoms with Gasteiger partial charge in [0.25, 0.3) is 0 Å². The number of hydrogen-bond acceptors (Lipinski definition) is 5. The summed E-state index contributed by atoms with van der Waals surface area (Å²) in [5.74, 6) is 0.503. The van der Waals surface area contributed by atoms with Gasteiger partial charge in [-0.1, -0.05) is 6.07 Å². The van der Waals surface area contributed by atoms with Crippen molar-refractivity contribution in [3.8, 4) is 11.1 Å². The maximum absolute atomic E-state index is 12.5. The number of amides is 1. The molecule has 26 heavy (non-hydrogen) atoms. The fraction of sp³-hybridized carbons (Fsp3) is 0.368.